The van der Waals surface area contributed by atoms with Gasteiger partial charge >= 0.3 is 0 Å². The zero-order valence-electron chi connectivity index (χ0n) is 11.6. The fraction of sp³-hybridized carbons (Fsp3) is 0.625. The zero-order valence-corrected chi connectivity index (χ0v) is 13.2. The van der Waals surface area contributed by atoms with Crippen LogP contribution in [0.15, 0.2) is 24.3 Å². The van der Waals surface area contributed by atoms with Gasteiger partial charge in [0.05, 0.1) is 0 Å². The second-order valence-electron chi connectivity index (χ2n) is 5.52. The number of benzene rings is 1. The summed E-state index contributed by atoms with van der Waals surface area (Å²) in [6.07, 6.45) is 4.13. The quantitative estimate of drug-likeness (QED) is 0.892. The van der Waals surface area contributed by atoms with Crippen LogP contribution in [-0.2, 0) is 5.75 Å². The smallest absolute Gasteiger partial charge is 0.0417 e. The average molecular weight is 294 g/mol. The molecule has 2 aliphatic rings. The summed E-state index contributed by atoms with van der Waals surface area (Å²) >= 11 is 4.22. The van der Waals surface area contributed by atoms with E-state index in [9.17, 15) is 0 Å². The minimum atomic E-state index is 0.574. The number of thioether (sulfide) groups is 2. The third kappa shape index (κ3) is 3.32. The van der Waals surface area contributed by atoms with Crippen LogP contribution in [0.4, 0.5) is 0 Å². The van der Waals surface area contributed by atoms with Gasteiger partial charge in [-0.2, -0.15) is 23.5 Å². The van der Waals surface area contributed by atoms with Gasteiger partial charge in [0.1, 0.15) is 0 Å². The summed E-state index contributed by atoms with van der Waals surface area (Å²) < 4.78 is 0. The highest BCUT2D eigenvalue weighted by Gasteiger charge is 2.28. The minimum Gasteiger partial charge on any atom is -0.306 e. The summed E-state index contributed by atoms with van der Waals surface area (Å²) in [5.74, 6) is 3.69. The van der Waals surface area contributed by atoms with Crippen LogP contribution < -0.4 is 5.32 Å². The first-order valence-corrected chi connectivity index (χ1v) is 9.60. The number of nitrogens with one attached hydrogen (secondary N) is 1. The van der Waals surface area contributed by atoms with Gasteiger partial charge in [0.15, 0.2) is 0 Å². The lowest BCUT2D eigenvalue weighted by atomic mass is 10.0. The van der Waals surface area contributed by atoms with Gasteiger partial charge in [-0.15, -0.1) is 0 Å². The fourth-order valence-electron chi connectivity index (χ4n) is 3.28. The van der Waals surface area contributed by atoms with Gasteiger partial charge in [0.25, 0.3) is 0 Å². The highest BCUT2D eigenvalue weighted by atomic mass is 32.2. The number of fused-ring (bicyclic) bond motifs is 1. The topological polar surface area (TPSA) is 12.0 Å². The lowest BCUT2D eigenvalue weighted by Gasteiger charge is -2.29. The van der Waals surface area contributed by atoms with Crippen LogP contribution in [0.5, 0.6) is 0 Å². The van der Waals surface area contributed by atoms with Crippen LogP contribution >= 0.6 is 23.5 Å². The van der Waals surface area contributed by atoms with Crippen molar-refractivity contribution in [2.75, 3.05) is 11.5 Å². The second-order valence-corrected chi connectivity index (χ2v) is 8.13. The van der Waals surface area contributed by atoms with Gasteiger partial charge in [-0.05, 0) is 36.1 Å². The van der Waals surface area contributed by atoms with Crippen LogP contribution in [-0.4, -0.2) is 22.8 Å². The molecule has 0 radical (unpaired) electrons. The van der Waals surface area contributed by atoms with Crippen LogP contribution in [0, 0.1) is 0 Å². The Bertz CT molecular complexity index is 421. The maximum absolute atomic E-state index is 3.93. The molecule has 0 spiro atoms. The minimum absolute atomic E-state index is 0.574. The average Bonchev–Trinajstić information content (AvgIpc) is 2.87. The molecule has 1 aromatic rings. The predicted octanol–water partition coefficient (Wildman–Crippen LogP) is 4.24. The summed E-state index contributed by atoms with van der Waals surface area (Å²) in [5, 5.41) is 4.83. The van der Waals surface area contributed by atoms with Gasteiger partial charge in [0.2, 0.25) is 0 Å². The molecule has 1 N–H and O–H groups in total. The normalized spacial score (nSPS) is 30.3. The maximum atomic E-state index is 3.93. The van der Waals surface area contributed by atoms with Crippen molar-refractivity contribution >= 4 is 23.5 Å². The van der Waals surface area contributed by atoms with E-state index in [1.54, 1.807) is 5.56 Å². The van der Waals surface area contributed by atoms with E-state index in [-0.39, 0.29) is 0 Å². The number of hydrogen-bond acceptors (Lipinski definition) is 3. The maximum Gasteiger partial charge on any atom is 0.0417 e. The molecule has 0 amide bonds. The molecule has 19 heavy (non-hydrogen) atoms. The third-order valence-electron chi connectivity index (χ3n) is 4.20. The Morgan fingerprint density at radius 3 is 3.11 bits per heavy atom. The van der Waals surface area contributed by atoms with Crippen molar-refractivity contribution in [3.63, 3.8) is 0 Å². The van der Waals surface area contributed by atoms with Crippen LogP contribution in [0.25, 0.3) is 0 Å². The first-order valence-electron chi connectivity index (χ1n) is 7.40. The van der Waals surface area contributed by atoms with E-state index in [2.05, 4.69) is 60.0 Å². The largest absolute Gasteiger partial charge is 0.306 e. The molecule has 1 heterocycles. The lowest BCUT2D eigenvalue weighted by Crippen LogP contribution is -2.34. The van der Waals surface area contributed by atoms with Gasteiger partial charge < -0.3 is 5.32 Å². The van der Waals surface area contributed by atoms with Gasteiger partial charge in [-0.3, -0.25) is 0 Å². The van der Waals surface area contributed by atoms with Crippen molar-refractivity contribution in [1.82, 2.24) is 5.32 Å². The third-order valence-corrected chi connectivity index (χ3v) is 6.51. The Balaban J connectivity index is 1.62. The summed E-state index contributed by atoms with van der Waals surface area (Å²) in [6, 6.07) is 10.3. The van der Waals surface area contributed by atoms with Gasteiger partial charge in [-0.25, -0.2) is 0 Å². The first kappa shape index (κ1) is 13.8. The molecule has 1 nitrogen and oxygen atoms in total. The molecule has 0 saturated heterocycles. The van der Waals surface area contributed by atoms with Crippen molar-refractivity contribution < 1.29 is 0 Å². The number of hydrogen-bond donors (Lipinski definition) is 1. The second kappa shape index (κ2) is 6.55. The molecule has 104 valence electrons. The first-order chi connectivity index (χ1) is 9.36. The predicted molar refractivity (Wildman–Crippen MR) is 88.0 cm³/mol. The molecule has 0 aromatic heterocycles. The molecule has 1 fully saturated rings. The Morgan fingerprint density at radius 2 is 2.21 bits per heavy atom. The summed E-state index contributed by atoms with van der Waals surface area (Å²) in [6.45, 7) is 2.28. The van der Waals surface area contributed by atoms with Crippen molar-refractivity contribution in [2.45, 2.75) is 49.3 Å². The molecule has 3 unspecified atom stereocenters. The Hall–Kier alpha value is -0.120. The molecule has 1 aliphatic heterocycles. The van der Waals surface area contributed by atoms with Gasteiger partial charge in [-0.1, -0.05) is 31.2 Å². The molecule has 3 heteroatoms. The standard InChI is InChI=1S/C16H23NS2/c1-2-19-14-8-7-13(9-14)17-16-11-18-10-12-5-3-4-6-15(12)16/h3-6,13-14,16-17H,2,7-11H2,1H3. The van der Waals surface area contributed by atoms with Crippen LogP contribution in [0.1, 0.15) is 43.4 Å². The molecule has 3 atom stereocenters. The van der Waals surface area contributed by atoms with Crippen molar-refractivity contribution in [3.8, 4) is 0 Å². The van der Waals surface area contributed by atoms with E-state index in [1.165, 1.54) is 42.1 Å². The summed E-state index contributed by atoms with van der Waals surface area (Å²) in [7, 11) is 0. The van der Waals surface area contributed by atoms with Gasteiger partial charge in [0, 0.05) is 28.8 Å². The highest BCUT2D eigenvalue weighted by Crippen LogP contribution is 2.35. The van der Waals surface area contributed by atoms with E-state index in [4.69, 9.17) is 0 Å². The van der Waals surface area contributed by atoms with Crippen molar-refractivity contribution in [1.29, 1.82) is 0 Å². The number of rotatable bonds is 4. The molecule has 1 saturated carbocycles. The van der Waals surface area contributed by atoms with Crippen molar-refractivity contribution in [3.05, 3.63) is 35.4 Å². The molecule has 3 rings (SSSR count). The van der Waals surface area contributed by atoms with Crippen LogP contribution in [0.2, 0.25) is 0 Å². The van der Waals surface area contributed by atoms with E-state index in [1.807, 2.05) is 0 Å². The summed E-state index contributed by atoms with van der Waals surface area (Å²) in [5.41, 5.74) is 3.08. The van der Waals surface area contributed by atoms with Crippen LogP contribution in [0.3, 0.4) is 0 Å². The molecular weight excluding hydrogens is 270 g/mol. The molecule has 1 aromatic carbocycles. The van der Waals surface area contributed by atoms with E-state index in [0.29, 0.717) is 6.04 Å². The van der Waals surface area contributed by atoms with E-state index < -0.39 is 0 Å². The summed E-state index contributed by atoms with van der Waals surface area (Å²) in [4.78, 5) is 0. The molecular formula is C16H23NS2. The fourth-order valence-corrected chi connectivity index (χ4v) is 5.54. The Kier molecular flexibility index (Phi) is 4.78. The van der Waals surface area contributed by atoms with E-state index in [0.717, 1.165) is 11.3 Å². The highest BCUT2D eigenvalue weighted by molar-refractivity contribution is 7.99. The zero-order chi connectivity index (χ0) is 13.1. The Labute approximate surface area is 125 Å². The van der Waals surface area contributed by atoms with E-state index >= 15 is 0 Å². The van der Waals surface area contributed by atoms with Crippen molar-refractivity contribution in [2.24, 2.45) is 0 Å². The monoisotopic (exact) mass is 293 g/mol. The lowest BCUT2D eigenvalue weighted by molar-refractivity contribution is 0.463. The SMILES string of the molecule is CCSC1CCC(NC2CSCc3ccccc32)C1. The molecule has 1 aliphatic carbocycles. The molecule has 0 bridgehead atoms. The Morgan fingerprint density at radius 1 is 1.32 bits per heavy atom.